The van der Waals surface area contributed by atoms with Gasteiger partial charge in [0.25, 0.3) is 0 Å². The van der Waals surface area contributed by atoms with Gasteiger partial charge in [-0.2, -0.15) is 13.2 Å². The predicted octanol–water partition coefficient (Wildman–Crippen LogP) is 3.26. The Balaban J connectivity index is 1.54. The fourth-order valence-electron chi connectivity index (χ4n) is 4.04. The van der Waals surface area contributed by atoms with Crippen LogP contribution in [-0.2, 0) is 15.7 Å². The number of hydrogen-bond donors (Lipinski definition) is 1. The molecule has 5 nitrogen and oxygen atoms in total. The van der Waals surface area contributed by atoms with Gasteiger partial charge in [-0.05, 0) is 41.9 Å². The lowest BCUT2D eigenvalue weighted by atomic mass is 10.0. The van der Waals surface area contributed by atoms with E-state index in [2.05, 4.69) is 10.1 Å². The first-order valence-electron chi connectivity index (χ1n) is 9.04. The maximum absolute atomic E-state index is 12.7. The number of likely N-dealkylation sites (tertiary alicyclic amines) is 1. The summed E-state index contributed by atoms with van der Waals surface area (Å²) in [6.45, 7) is 3.35. The molecule has 148 valence electrons. The summed E-state index contributed by atoms with van der Waals surface area (Å²) in [7, 11) is 1.27. The van der Waals surface area contributed by atoms with Crippen LogP contribution in [0.2, 0.25) is 0 Å². The molecule has 1 aromatic carbocycles. The highest BCUT2D eigenvalue weighted by molar-refractivity contribution is 5.80. The minimum atomic E-state index is -4.32. The number of benzene rings is 1. The Bertz CT molecular complexity index is 693. The lowest BCUT2D eigenvalue weighted by molar-refractivity contribution is -0.137. The zero-order valence-corrected chi connectivity index (χ0v) is 15.3. The topological polar surface area (TPSA) is 58.6 Å². The maximum atomic E-state index is 12.7. The lowest BCUT2D eigenvalue weighted by Gasteiger charge is -2.25. The second-order valence-corrected chi connectivity index (χ2v) is 7.19. The van der Waals surface area contributed by atoms with Crippen molar-refractivity contribution in [1.82, 2.24) is 10.2 Å². The van der Waals surface area contributed by atoms with E-state index in [1.807, 2.05) is 11.8 Å². The van der Waals surface area contributed by atoms with Crippen molar-refractivity contribution in [2.75, 3.05) is 26.7 Å². The van der Waals surface area contributed by atoms with Crippen LogP contribution < -0.4 is 5.32 Å². The van der Waals surface area contributed by atoms with Crippen molar-refractivity contribution in [1.29, 1.82) is 0 Å². The Kier molecular flexibility index (Phi) is 5.35. The molecule has 8 heteroatoms. The quantitative estimate of drug-likeness (QED) is 0.848. The van der Waals surface area contributed by atoms with Crippen LogP contribution in [0.5, 0.6) is 0 Å². The molecular weight excluding hydrogens is 361 g/mol. The van der Waals surface area contributed by atoms with Gasteiger partial charge in [-0.25, -0.2) is 4.79 Å². The maximum Gasteiger partial charge on any atom is 0.416 e. The second-order valence-electron chi connectivity index (χ2n) is 7.19. The van der Waals surface area contributed by atoms with E-state index in [9.17, 15) is 22.8 Å². The number of methoxy groups -OCH3 is 1. The fraction of sp³-hybridized carbons (Fsp3) is 0.579. The Labute approximate surface area is 155 Å². The lowest BCUT2D eigenvalue weighted by Crippen LogP contribution is -2.41. The van der Waals surface area contributed by atoms with Crippen LogP contribution in [0, 0.1) is 17.8 Å². The molecule has 0 aromatic heterocycles. The molecule has 1 saturated carbocycles. The number of amides is 2. The van der Waals surface area contributed by atoms with E-state index < -0.39 is 17.8 Å². The fourth-order valence-corrected chi connectivity index (χ4v) is 4.04. The zero-order valence-electron chi connectivity index (χ0n) is 15.3. The Morgan fingerprint density at radius 1 is 1.22 bits per heavy atom. The largest absolute Gasteiger partial charge is 0.453 e. The van der Waals surface area contributed by atoms with E-state index in [1.54, 1.807) is 12.1 Å². The van der Waals surface area contributed by atoms with Crippen LogP contribution in [0.25, 0.3) is 0 Å². The van der Waals surface area contributed by atoms with E-state index in [0.29, 0.717) is 31.3 Å². The standard InChI is InChI=1S/C19H23F3N2O3/c1-3-11(8-23-18(26)27-2)17(25)24-9-14-15(10-24)16(14)12-4-6-13(7-5-12)19(20,21)22/h4-7,11,14-16H,3,8-10H2,1-2H3,(H,23,26). The monoisotopic (exact) mass is 384 g/mol. The third kappa shape index (κ3) is 4.04. The van der Waals surface area contributed by atoms with Crippen molar-refractivity contribution >= 4 is 12.0 Å². The Morgan fingerprint density at radius 2 is 1.81 bits per heavy atom. The van der Waals surface area contributed by atoms with Gasteiger partial charge < -0.3 is 15.0 Å². The number of carbonyl (C=O) groups is 2. The van der Waals surface area contributed by atoms with Crippen LogP contribution >= 0.6 is 0 Å². The first-order chi connectivity index (χ1) is 12.8. The number of nitrogens with one attached hydrogen (secondary N) is 1. The normalized spacial score (nSPS) is 24.9. The van der Waals surface area contributed by atoms with Crippen molar-refractivity contribution < 1.29 is 27.5 Å². The van der Waals surface area contributed by atoms with Crippen LogP contribution in [-0.4, -0.2) is 43.6 Å². The Hall–Kier alpha value is -2.25. The molecule has 3 rings (SSSR count). The molecule has 2 fully saturated rings. The number of fused-ring (bicyclic) bond motifs is 1. The van der Waals surface area contributed by atoms with Crippen LogP contribution in [0.15, 0.2) is 24.3 Å². The number of alkyl carbamates (subject to hydrolysis) is 1. The average molecular weight is 384 g/mol. The summed E-state index contributed by atoms with van der Waals surface area (Å²) in [6, 6.07) is 5.34. The molecule has 0 radical (unpaired) electrons. The molecule has 0 spiro atoms. The van der Waals surface area contributed by atoms with Gasteiger partial charge in [0.1, 0.15) is 0 Å². The first-order valence-corrected chi connectivity index (χ1v) is 9.04. The average Bonchev–Trinajstić information content (AvgIpc) is 3.14. The number of ether oxygens (including phenoxy) is 1. The van der Waals surface area contributed by atoms with E-state index in [-0.39, 0.29) is 24.3 Å². The van der Waals surface area contributed by atoms with E-state index in [1.165, 1.54) is 7.11 Å². The molecule has 0 bridgehead atoms. The van der Waals surface area contributed by atoms with E-state index in [0.717, 1.165) is 17.7 Å². The summed E-state index contributed by atoms with van der Waals surface area (Å²) in [6.07, 6.45) is -4.28. The summed E-state index contributed by atoms with van der Waals surface area (Å²) in [5.74, 6) is 0.538. The molecule has 1 N–H and O–H groups in total. The van der Waals surface area contributed by atoms with Gasteiger partial charge in [-0.15, -0.1) is 0 Å². The third-order valence-electron chi connectivity index (χ3n) is 5.65. The van der Waals surface area contributed by atoms with Gasteiger partial charge >= 0.3 is 12.3 Å². The predicted molar refractivity (Wildman–Crippen MR) is 91.9 cm³/mol. The van der Waals surface area contributed by atoms with E-state index in [4.69, 9.17) is 0 Å². The van der Waals surface area contributed by atoms with Gasteiger partial charge in [0.15, 0.2) is 0 Å². The number of piperidine rings is 1. The van der Waals surface area contributed by atoms with Crippen LogP contribution in [0.4, 0.5) is 18.0 Å². The van der Waals surface area contributed by atoms with Gasteiger partial charge in [0.2, 0.25) is 5.91 Å². The number of rotatable bonds is 5. The van der Waals surface area contributed by atoms with E-state index >= 15 is 0 Å². The molecule has 1 heterocycles. The summed E-state index contributed by atoms with van der Waals surface area (Å²) in [4.78, 5) is 25.7. The summed E-state index contributed by atoms with van der Waals surface area (Å²) >= 11 is 0. The van der Waals surface area contributed by atoms with Gasteiger partial charge in [0.05, 0.1) is 18.6 Å². The van der Waals surface area contributed by atoms with Crippen molar-refractivity contribution in [3.63, 3.8) is 0 Å². The molecule has 1 saturated heterocycles. The SMILES string of the molecule is CCC(CNC(=O)OC)C(=O)N1CC2C(C1)C2c1ccc(C(F)(F)F)cc1. The van der Waals surface area contributed by atoms with Crippen molar-refractivity contribution in [2.24, 2.45) is 17.8 Å². The van der Waals surface area contributed by atoms with Gasteiger partial charge in [-0.3, -0.25) is 4.79 Å². The first kappa shape index (κ1) is 19.5. The molecular formula is C19H23F3N2O3. The number of hydrogen-bond acceptors (Lipinski definition) is 3. The summed E-state index contributed by atoms with van der Waals surface area (Å²) in [5.41, 5.74) is 0.266. The summed E-state index contributed by atoms with van der Waals surface area (Å²) in [5, 5.41) is 2.56. The zero-order chi connectivity index (χ0) is 19.8. The Morgan fingerprint density at radius 3 is 2.30 bits per heavy atom. The number of carbonyl (C=O) groups excluding carboxylic acids is 2. The molecule has 1 aliphatic heterocycles. The highest BCUT2D eigenvalue weighted by atomic mass is 19.4. The van der Waals surface area contributed by atoms with Crippen molar-refractivity contribution in [2.45, 2.75) is 25.4 Å². The second kappa shape index (κ2) is 7.40. The van der Waals surface area contributed by atoms with Crippen LogP contribution in [0.3, 0.4) is 0 Å². The molecule has 3 atom stereocenters. The van der Waals surface area contributed by atoms with Gasteiger partial charge in [-0.1, -0.05) is 19.1 Å². The molecule has 27 heavy (non-hydrogen) atoms. The third-order valence-corrected chi connectivity index (χ3v) is 5.65. The highest BCUT2D eigenvalue weighted by Gasteiger charge is 2.57. The molecule has 1 aliphatic carbocycles. The summed E-state index contributed by atoms with van der Waals surface area (Å²) < 4.78 is 42.5. The van der Waals surface area contributed by atoms with Crippen molar-refractivity contribution in [3.8, 4) is 0 Å². The smallest absolute Gasteiger partial charge is 0.416 e. The molecule has 2 aliphatic rings. The molecule has 3 unspecified atom stereocenters. The molecule has 2 amide bonds. The number of nitrogens with zero attached hydrogens (tertiary/aromatic N) is 1. The highest BCUT2D eigenvalue weighted by Crippen LogP contribution is 2.58. The minimum absolute atomic E-state index is 0.00673. The number of halogens is 3. The molecule has 1 aromatic rings. The minimum Gasteiger partial charge on any atom is -0.453 e. The van der Waals surface area contributed by atoms with Crippen molar-refractivity contribution in [3.05, 3.63) is 35.4 Å². The van der Waals surface area contributed by atoms with Gasteiger partial charge in [0, 0.05) is 19.6 Å². The number of alkyl halides is 3. The van der Waals surface area contributed by atoms with Crippen LogP contribution in [0.1, 0.15) is 30.4 Å².